The summed E-state index contributed by atoms with van der Waals surface area (Å²) in [6.45, 7) is 2.16. The largest absolute Gasteiger partial charge is 0.496 e. The zero-order valence-electron chi connectivity index (χ0n) is 11.9. The lowest BCUT2D eigenvalue weighted by atomic mass is 9.94. The first-order chi connectivity index (χ1) is 9.26. The summed E-state index contributed by atoms with van der Waals surface area (Å²) in [5, 5.41) is 0. The third-order valence-electron chi connectivity index (χ3n) is 4.00. The van der Waals surface area contributed by atoms with Gasteiger partial charge >= 0.3 is 0 Å². The van der Waals surface area contributed by atoms with E-state index in [0.717, 1.165) is 17.6 Å². The van der Waals surface area contributed by atoms with Gasteiger partial charge in [0.05, 0.1) is 7.11 Å². The van der Waals surface area contributed by atoms with E-state index in [2.05, 4.69) is 6.92 Å². The Morgan fingerprint density at radius 2 is 1.84 bits per heavy atom. The Labute approximate surface area is 115 Å². The molecule has 0 unspecified atom stereocenters. The van der Waals surface area contributed by atoms with Crippen LogP contribution >= 0.6 is 0 Å². The number of benzene rings is 1. The number of allylic oxidation sites excluding steroid dienone is 2. The molecule has 1 fully saturated rings. The van der Waals surface area contributed by atoms with Crippen molar-refractivity contribution < 1.29 is 9.53 Å². The Balaban J connectivity index is 2.42. The molecule has 1 aliphatic rings. The molecule has 0 N–H and O–H groups in total. The SMILES string of the molecule is COc1ccc(C=O)cc1C(C)=C1CCCCCC1. The molecule has 0 amide bonds. The predicted octanol–water partition coefficient (Wildman–Crippen LogP) is 4.64. The second-order valence-corrected chi connectivity index (χ2v) is 5.22. The fourth-order valence-electron chi connectivity index (χ4n) is 2.81. The highest BCUT2D eigenvalue weighted by atomic mass is 16.5. The molecule has 1 saturated carbocycles. The van der Waals surface area contributed by atoms with Crippen LogP contribution < -0.4 is 4.74 Å². The van der Waals surface area contributed by atoms with Gasteiger partial charge in [-0.15, -0.1) is 0 Å². The summed E-state index contributed by atoms with van der Waals surface area (Å²) in [6, 6.07) is 5.64. The van der Waals surface area contributed by atoms with Gasteiger partial charge in [0.15, 0.2) is 0 Å². The van der Waals surface area contributed by atoms with Gasteiger partial charge < -0.3 is 4.74 Å². The van der Waals surface area contributed by atoms with E-state index in [0.29, 0.717) is 5.56 Å². The van der Waals surface area contributed by atoms with E-state index in [1.165, 1.54) is 49.7 Å². The average molecular weight is 258 g/mol. The third kappa shape index (κ3) is 3.25. The fourth-order valence-corrected chi connectivity index (χ4v) is 2.81. The first kappa shape index (κ1) is 13.9. The van der Waals surface area contributed by atoms with E-state index in [9.17, 15) is 4.79 Å². The molecular formula is C17H22O2. The van der Waals surface area contributed by atoms with Crippen LogP contribution in [0.25, 0.3) is 5.57 Å². The van der Waals surface area contributed by atoms with E-state index < -0.39 is 0 Å². The van der Waals surface area contributed by atoms with Crippen molar-refractivity contribution in [3.05, 3.63) is 34.9 Å². The minimum atomic E-state index is 0.712. The minimum absolute atomic E-state index is 0.712. The molecule has 0 saturated heterocycles. The van der Waals surface area contributed by atoms with Crippen molar-refractivity contribution >= 4 is 11.9 Å². The second-order valence-electron chi connectivity index (χ2n) is 5.22. The number of hydrogen-bond acceptors (Lipinski definition) is 2. The van der Waals surface area contributed by atoms with Crippen LogP contribution in [0.5, 0.6) is 5.75 Å². The number of carbonyl (C=O) groups excluding carboxylic acids is 1. The molecule has 0 atom stereocenters. The Morgan fingerprint density at radius 1 is 1.16 bits per heavy atom. The second kappa shape index (κ2) is 6.55. The van der Waals surface area contributed by atoms with Crippen molar-refractivity contribution in [1.29, 1.82) is 0 Å². The minimum Gasteiger partial charge on any atom is -0.496 e. The number of rotatable bonds is 3. The molecule has 2 heteroatoms. The molecule has 102 valence electrons. The fraction of sp³-hybridized carbons (Fsp3) is 0.471. The standard InChI is InChI=1S/C17H22O2/c1-13(15-7-5-3-4-6-8-15)16-11-14(12-18)9-10-17(16)19-2/h9-12H,3-8H2,1-2H3. The quantitative estimate of drug-likeness (QED) is 0.583. The van der Waals surface area contributed by atoms with Crippen LogP contribution in [-0.4, -0.2) is 13.4 Å². The van der Waals surface area contributed by atoms with Crippen molar-refractivity contribution in [3.8, 4) is 5.75 Å². The number of hydrogen-bond donors (Lipinski definition) is 0. The normalized spacial score (nSPS) is 15.8. The number of methoxy groups -OCH3 is 1. The van der Waals surface area contributed by atoms with Gasteiger partial charge in [-0.3, -0.25) is 4.79 Å². The van der Waals surface area contributed by atoms with E-state index in [-0.39, 0.29) is 0 Å². The summed E-state index contributed by atoms with van der Waals surface area (Å²) in [4.78, 5) is 11.0. The summed E-state index contributed by atoms with van der Waals surface area (Å²) in [7, 11) is 1.68. The molecule has 1 aromatic rings. The molecule has 0 heterocycles. The molecule has 1 aliphatic carbocycles. The molecule has 0 bridgehead atoms. The van der Waals surface area contributed by atoms with Gasteiger partial charge in [0.25, 0.3) is 0 Å². The molecule has 0 aliphatic heterocycles. The highest BCUT2D eigenvalue weighted by Gasteiger charge is 2.12. The third-order valence-corrected chi connectivity index (χ3v) is 4.00. The molecule has 0 spiro atoms. The van der Waals surface area contributed by atoms with Gasteiger partial charge in [-0.1, -0.05) is 18.4 Å². The summed E-state index contributed by atoms with van der Waals surface area (Å²) in [5.41, 5.74) is 4.61. The van der Waals surface area contributed by atoms with Crippen LogP contribution in [0.3, 0.4) is 0 Å². The van der Waals surface area contributed by atoms with Crippen molar-refractivity contribution in [1.82, 2.24) is 0 Å². The van der Waals surface area contributed by atoms with E-state index in [1.54, 1.807) is 13.2 Å². The van der Waals surface area contributed by atoms with E-state index >= 15 is 0 Å². The van der Waals surface area contributed by atoms with Crippen molar-refractivity contribution in [2.45, 2.75) is 45.4 Å². The maximum atomic E-state index is 11.0. The molecule has 1 aromatic carbocycles. The van der Waals surface area contributed by atoms with Crippen LogP contribution in [0.1, 0.15) is 61.4 Å². The zero-order valence-corrected chi connectivity index (χ0v) is 11.9. The summed E-state index contributed by atoms with van der Waals surface area (Å²) in [5.74, 6) is 0.861. The molecule has 19 heavy (non-hydrogen) atoms. The highest BCUT2D eigenvalue weighted by Crippen LogP contribution is 2.34. The van der Waals surface area contributed by atoms with Gasteiger partial charge in [0, 0.05) is 11.1 Å². The first-order valence-electron chi connectivity index (χ1n) is 7.08. The van der Waals surface area contributed by atoms with Crippen molar-refractivity contribution in [2.75, 3.05) is 7.11 Å². The molecule has 0 aromatic heterocycles. The Hall–Kier alpha value is -1.57. The molecular weight excluding hydrogens is 236 g/mol. The van der Waals surface area contributed by atoms with Crippen LogP contribution in [0, 0.1) is 0 Å². The summed E-state index contributed by atoms with van der Waals surface area (Å²) < 4.78 is 5.44. The number of aldehydes is 1. The van der Waals surface area contributed by atoms with Gasteiger partial charge in [-0.25, -0.2) is 0 Å². The zero-order chi connectivity index (χ0) is 13.7. The highest BCUT2D eigenvalue weighted by molar-refractivity contribution is 5.80. The maximum absolute atomic E-state index is 11.0. The topological polar surface area (TPSA) is 26.3 Å². The van der Waals surface area contributed by atoms with Gasteiger partial charge in [0.2, 0.25) is 0 Å². The lowest BCUT2D eigenvalue weighted by Crippen LogP contribution is -1.95. The predicted molar refractivity (Wildman–Crippen MR) is 78.7 cm³/mol. The molecule has 2 nitrogen and oxygen atoms in total. The van der Waals surface area contributed by atoms with E-state index in [1.807, 2.05) is 12.1 Å². The lowest BCUT2D eigenvalue weighted by Gasteiger charge is -2.14. The Bertz CT molecular complexity index is 476. The first-order valence-corrected chi connectivity index (χ1v) is 7.08. The van der Waals surface area contributed by atoms with Gasteiger partial charge in [-0.05, 0) is 56.4 Å². The van der Waals surface area contributed by atoms with Crippen LogP contribution in [0.15, 0.2) is 23.8 Å². The van der Waals surface area contributed by atoms with E-state index in [4.69, 9.17) is 4.74 Å². The average Bonchev–Trinajstić information content (AvgIpc) is 2.74. The van der Waals surface area contributed by atoms with Crippen molar-refractivity contribution in [3.63, 3.8) is 0 Å². The monoisotopic (exact) mass is 258 g/mol. The van der Waals surface area contributed by atoms with Crippen LogP contribution in [0.2, 0.25) is 0 Å². The Morgan fingerprint density at radius 3 is 2.42 bits per heavy atom. The molecule has 2 rings (SSSR count). The number of carbonyl (C=O) groups is 1. The summed E-state index contributed by atoms with van der Waals surface area (Å²) >= 11 is 0. The number of ether oxygens (including phenoxy) is 1. The van der Waals surface area contributed by atoms with Crippen LogP contribution in [-0.2, 0) is 0 Å². The summed E-state index contributed by atoms with van der Waals surface area (Å²) in [6.07, 6.45) is 8.49. The van der Waals surface area contributed by atoms with Crippen molar-refractivity contribution in [2.24, 2.45) is 0 Å². The smallest absolute Gasteiger partial charge is 0.150 e. The van der Waals surface area contributed by atoms with Gasteiger partial charge in [0.1, 0.15) is 12.0 Å². The Kier molecular flexibility index (Phi) is 4.78. The van der Waals surface area contributed by atoms with Gasteiger partial charge in [-0.2, -0.15) is 0 Å². The maximum Gasteiger partial charge on any atom is 0.150 e. The lowest BCUT2D eigenvalue weighted by molar-refractivity contribution is 0.112. The molecule has 0 radical (unpaired) electrons. The van der Waals surface area contributed by atoms with Crippen LogP contribution in [0.4, 0.5) is 0 Å².